The molecule has 0 spiro atoms. The van der Waals surface area contributed by atoms with Crippen LogP contribution in [0.3, 0.4) is 0 Å². The van der Waals surface area contributed by atoms with Crippen molar-refractivity contribution in [2.75, 3.05) is 13.1 Å². The number of halogens is 2. The SMILES string of the molecule is CC(C)(C)OC(=O)NCCCNC(=O)c1cc(Cl)ccc1I. The van der Waals surface area contributed by atoms with Crippen molar-refractivity contribution < 1.29 is 14.3 Å². The van der Waals surface area contributed by atoms with Crippen LogP contribution in [0.4, 0.5) is 4.79 Å². The second kappa shape index (κ2) is 8.57. The van der Waals surface area contributed by atoms with Gasteiger partial charge in [0.05, 0.1) is 5.56 Å². The molecule has 1 aromatic rings. The Bertz CT molecular complexity index is 544. The van der Waals surface area contributed by atoms with Crippen molar-refractivity contribution in [2.45, 2.75) is 32.8 Å². The van der Waals surface area contributed by atoms with Gasteiger partial charge in [0.15, 0.2) is 0 Å². The van der Waals surface area contributed by atoms with E-state index >= 15 is 0 Å². The van der Waals surface area contributed by atoms with E-state index in [0.717, 1.165) is 3.57 Å². The molecule has 0 heterocycles. The van der Waals surface area contributed by atoms with Crippen molar-refractivity contribution >= 4 is 46.2 Å². The topological polar surface area (TPSA) is 67.4 Å². The summed E-state index contributed by atoms with van der Waals surface area (Å²) in [6.45, 7) is 6.30. The number of benzene rings is 1. The average Bonchev–Trinajstić information content (AvgIpc) is 2.38. The Morgan fingerprint density at radius 1 is 1.23 bits per heavy atom. The number of amides is 2. The van der Waals surface area contributed by atoms with Crippen molar-refractivity contribution in [1.29, 1.82) is 0 Å². The normalized spacial score (nSPS) is 11.0. The van der Waals surface area contributed by atoms with E-state index in [0.29, 0.717) is 30.1 Å². The lowest BCUT2D eigenvalue weighted by Crippen LogP contribution is -2.34. The van der Waals surface area contributed by atoms with E-state index in [4.69, 9.17) is 16.3 Å². The third kappa shape index (κ3) is 7.31. The standard InChI is InChI=1S/C15H20ClIN2O3/c1-15(2,3)22-14(21)19-8-4-7-18-13(20)11-9-10(16)5-6-12(11)17/h5-6,9H,4,7-8H2,1-3H3,(H,18,20)(H,19,21). The summed E-state index contributed by atoms with van der Waals surface area (Å²) in [5.74, 6) is -0.177. The maximum atomic E-state index is 12.0. The third-order valence-corrected chi connectivity index (χ3v) is 3.66. The molecule has 0 aliphatic carbocycles. The Balaban J connectivity index is 2.29. The minimum absolute atomic E-state index is 0.177. The van der Waals surface area contributed by atoms with Gasteiger partial charge in [-0.15, -0.1) is 0 Å². The molecule has 0 radical (unpaired) electrons. The van der Waals surface area contributed by atoms with E-state index in [2.05, 4.69) is 33.2 Å². The fourth-order valence-electron chi connectivity index (χ4n) is 1.56. The lowest BCUT2D eigenvalue weighted by molar-refractivity contribution is 0.0527. The van der Waals surface area contributed by atoms with E-state index < -0.39 is 11.7 Å². The largest absolute Gasteiger partial charge is 0.444 e. The molecule has 0 bridgehead atoms. The maximum absolute atomic E-state index is 12.0. The number of carbonyl (C=O) groups is 2. The Morgan fingerprint density at radius 3 is 2.50 bits per heavy atom. The lowest BCUT2D eigenvalue weighted by atomic mass is 10.2. The second-order valence-corrected chi connectivity index (χ2v) is 7.26. The monoisotopic (exact) mass is 438 g/mol. The van der Waals surface area contributed by atoms with Gasteiger partial charge in [-0.25, -0.2) is 4.79 Å². The van der Waals surface area contributed by atoms with Crippen molar-refractivity contribution in [1.82, 2.24) is 10.6 Å². The van der Waals surface area contributed by atoms with Crippen LogP contribution in [0, 0.1) is 3.57 Å². The zero-order valence-electron chi connectivity index (χ0n) is 12.8. The van der Waals surface area contributed by atoms with Crippen LogP contribution in [0.1, 0.15) is 37.6 Å². The molecule has 5 nitrogen and oxygen atoms in total. The van der Waals surface area contributed by atoms with Crippen LogP contribution in [-0.4, -0.2) is 30.7 Å². The van der Waals surface area contributed by atoms with Gasteiger partial charge in [0.1, 0.15) is 5.60 Å². The van der Waals surface area contributed by atoms with E-state index in [1.54, 1.807) is 39.0 Å². The molecule has 122 valence electrons. The molecule has 0 saturated carbocycles. The van der Waals surface area contributed by atoms with E-state index in [9.17, 15) is 9.59 Å². The zero-order chi connectivity index (χ0) is 16.8. The predicted molar refractivity (Wildman–Crippen MR) is 95.4 cm³/mol. The molecular formula is C15H20ClIN2O3. The Morgan fingerprint density at radius 2 is 1.86 bits per heavy atom. The van der Waals surface area contributed by atoms with E-state index in [1.165, 1.54) is 0 Å². The molecule has 0 fully saturated rings. The average molecular weight is 439 g/mol. The number of hydrogen-bond donors (Lipinski definition) is 2. The molecule has 7 heteroatoms. The van der Waals surface area contributed by atoms with Crippen LogP contribution in [0.2, 0.25) is 5.02 Å². The molecule has 0 aromatic heterocycles. The Kier molecular flexibility index (Phi) is 7.41. The Hall–Kier alpha value is -1.02. The van der Waals surface area contributed by atoms with Crippen molar-refractivity contribution in [2.24, 2.45) is 0 Å². The van der Waals surface area contributed by atoms with Gasteiger partial charge in [0, 0.05) is 21.7 Å². The van der Waals surface area contributed by atoms with Gasteiger partial charge in [0.25, 0.3) is 5.91 Å². The molecule has 1 rings (SSSR count). The van der Waals surface area contributed by atoms with Gasteiger partial charge in [-0.05, 0) is 68.0 Å². The van der Waals surface area contributed by atoms with Crippen LogP contribution in [0.5, 0.6) is 0 Å². The van der Waals surface area contributed by atoms with E-state index in [1.807, 2.05) is 0 Å². The van der Waals surface area contributed by atoms with Gasteiger partial charge in [-0.1, -0.05) is 11.6 Å². The summed E-state index contributed by atoms with van der Waals surface area (Å²) >= 11 is 7.98. The van der Waals surface area contributed by atoms with Crippen LogP contribution in [0.25, 0.3) is 0 Å². The molecular weight excluding hydrogens is 419 g/mol. The fraction of sp³-hybridized carbons (Fsp3) is 0.467. The second-order valence-electron chi connectivity index (χ2n) is 5.66. The van der Waals surface area contributed by atoms with Gasteiger partial charge in [0.2, 0.25) is 0 Å². The van der Waals surface area contributed by atoms with Gasteiger partial charge >= 0.3 is 6.09 Å². The molecule has 0 aliphatic heterocycles. The minimum atomic E-state index is -0.512. The summed E-state index contributed by atoms with van der Waals surface area (Å²) < 4.78 is 5.95. The smallest absolute Gasteiger partial charge is 0.407 e. The summed E-state index contributed by atoms with van der Waals surface area (Å²) in [7, 11) is 0. The number of rotatable bonds is 5. The van der Waals surface area contributed by atoms with Gasteiger partial charge in [-0.2, -0.15) is 0 Å². The van der Waals surface area contributed by atoms with Crippen molar-refractivity contribution in [3.63, 3.8) is 0 Å². The quantitative estimate of drug-likeness (QED) is 0.545. The molecule has 1 aromatic carbocycles. The number of nitrogens with one attached hydrogen (secondary N) is 2. The third-order valence-electron chi connectivity index (χ3n) is 2.48. The molecule has 2 N–H and O–H groups in total. The van der Waals surface area contributed by atoms with Crippen LogP contribution >= 0.6 is 34.2 Å². The Labute approximate surface area is 149 Å². The van der Waals surface area contributed by atoms with E-state index in [-0.39, 0.29) is 5.91 Å². The van der Waals surface area contributed by atoms with Gasteiger partial charge in [-0.3, -0.25) is 4.79 Å². The predicted octanol–water partition coefficient (Wildman–Crippen LogP) is 3.59. The van der Waals surface area contributed by atoms with Crippen LogP contribution in [-0.2, 0) is 4.74 Å². The minimum Gasteiger partial charge on any atom is -0.444 e. The highest BCUT2D eigenvalue weighted by molar-refractivity contribution is 14.1. The molecule has 2 amide bonds. The van der Waals surface area contributed by atoms with Crippen LogP contribution in [0.15, 0.2) is 18.2 Å². The molecule has 0 unspecified atom stereocenters. The van der Waals surface area contributed by atoms with Gasteiger partial charge < -0.3 is 15.4 Å². The molecule has 22 heavy (non-hydrogen) atoms. The van der Waals surface area contributed by atoms with Crippen LogP contribution < -0.4 is 10.6 Å². The van der Waals surface area contributed by atoms with Crippen molar-refractivity contribution in [3.8, 4) is 0 Å². The summed E-state index contributed by atoms with van der Waals surface area (Å²) in [5, 5.41) is 5.96. The summed E-state index contributed by atoms with van der Waals surface area (Å²) in [6.07, 6.45) is 0.158. The highest BCUT2D eigenvalue weighted by Crippen LogP contribution is 2.17. The molecule has 0 atom stereocenters. The first-order valence-corrected chi connectivity index (χ1v) is 8.35. The molecule has 0 saturated heterocycles. The van der Waals surface area contributed by atoms with Crippen molar-refractivity contribution in [3.05, 3.63) is 32.4 Å². The number of ether oxygens (including phenoxy) is 1. The first-order valence-electron chi connectivity index (χ1n) is 6.89. The zero-order valence-corrected chi connectivity index (χ0v) is 15.7. The summed E-state index contributed by atoms with van der Waals surface area (Å²) in [4.78, 5) is 23.4. The number of alkyl carbamates (subject to hydrolysis) is 1. The summed E-state index contributed by atoms with van der Waals surface area (Å²) in [5.41, 5.74) is 0.0369. The fourth-order valence-corrected chi connectivity index (χ4v) is 2.31. The maximum Gasteiger partial charge on any atom is 0.407 e. The molecule has 0 aliphatic rings. The summed E-state index contributed by atoms with van der Waals surface area (Å²) in [6, 6.07) is 5.17. The first-order chi connectivity index (χ1) is 10.2. The number of carbonyl (C=O) groups excluding carboxylic acids is 2. The first kappa shape index (κ1) is 19.0. The lowest BCUT2D eigenvalue weighted by Gasteiger charge is -2.19. The number of hydrogen-bond acceptors (Lipinski definition) is 3. The highest BCUT2D eigenvalue weighted by Gasteiger charge is 2.15. The highest BCUT2D eigenvalue weighted by atomic mass is 127.